The Bertz CT molecular complexity index is 544. The van der Waals surface area contributed by atoms with E-state index in [1.54, 1.807) is 0 Å². The summed E-state index contributed by atoms with van der Waals surface area (Å²) in [4.78, 5) is 24.2. The fourth-order valence-corrected chi connectivity index (χ4v) is 4.14. The molecule has 1 heterocycles. The molecule has 3 saturated carbocycles. The van der Waals surface area contributed by atoms with Crippen LogP contribution in [0.15, 0.2) is 0 Å². The second-order valence-electron chi connectivity index (χ2n) is 5.82. The Morgan fingerprint density at radius 2 is 1.73 bits per heavy atom. The first-order valence-electron chi connectivity index (χ1n) is 7.58. The van der Waals surface area contributed by atoms with Crippen molar-refractivity contribution in [1.82, 2.24) is 15.0 Å². The molecule has 0 unspecified atom stereocenters. The maximum absolute atomic E-state index is 12.4. The van der Waals surface area contributed by atoms with E-state index in [1.807, 2.05) is 6.92 Å². The number of hydrogen-bond donors (Lipinski definition) is 1. The van der Waals surface area contributed by atoms with Gasteiger partial charge in [-0.2, -0.15) is 15.0 Å². The van der Waals surface area contributed by atoms with Gasteiger partial charge in [-0.3, -0.25) is 4.79 Å². The predicted octanol–water partition coefficient (Wildman–Crippen LogP) is 2.96. The van der Waals surface area contributed by atoms with Crippen molar-refractivity contribution in [2.24, 2.45) is 17.8 Å². The van der Waals surface area contributed by atoms with Gasteiger partial charge in [0.1, 0.15) is 0 Å². The number of halogens is 2. The molecule has 1 aromatic heterocycles. The predicted molar refractivity (Wildman–Crippen MR) is 82.8 cm³/mol. The highest BCUT2D eigenvalue weighted by Crippen LogP contribution is 2.46. The number of esters is 1. The molecule has 8 heteroatoms. The van der Waals surface area contributed by atoms with E-state index < -0.39 is 0 Å². The second kappa shape index (κ2) is 6.54. The van der Waals surface area contributed by atoms with Crippen LogP contribution in [-0.4, -0.2) is 33.6 Å². The lowest BCUT2D eigenvalue weighted by Crippen LogP contribution is -2.52. The number of ether oxygens (including phenoxy) is 1. The third-order valence-corrected chi connectivity index (χ3v) is 4.99. The van der Waals surface area contributed by atoms with Gasteiger partial charge in [0.2, 0.25) is 16.5 Å². The molecule has 0 spiro atoms. The lowest BCUT2D eigenvalue weighted by molar-refractivity contribution is -0.154. The first-order valence-corrected chi connectivity index (χ1v) is 8.34. The second-order valence-corrected chi connectivity index (χ2v) is 6.50. The number of aromatic nitrogens is 3. The lowest BCUT2D eigenvalue weighted by Gasteiger charge is -2.47. The molecular formula is C14H18Cl2N4O2. The van der Waals surface area contributed by atoms with Gasteiger partial charge in [-0.15, -0.1) is 0 Å². The molecule has 0 radical (unpaired) electrons. The van der Waals surface area contributed by atoms with E-state index in [9.17, 15) is 4.79 Å². The first-order chi connectivity index (χ1) is 10.6. The molecule has 2 bridgehead atoms. The Hall–Kier alpha value is -1.14. The summed E-state index contributed by atoms with van der Waals surface area (Å²) < 4.78 is 5.27. The van der Waals surface area contributed by atoms with Gasteiger partial charge in [0.05, 0.1) is 12.5 Å². The van der Waals surface area contributed by atoms with Crippen molar-refractivity contribution in [3.8, 4) is 0 Å². The summed E-state index contributed by atoms with van der Waals surface area (Å²) in [6.07, 6.45) is 4.35. The summed E-state index contributed by atoms with van der Waals surface area (Å²) >= 11 is 11.6. The van der Waals surface area contributed by atoms with Crippen LogP contribution in [0.3, 0.4) is 0 Å². The standard InChI is InChI=1S/C14H18Cl2N4O2/c1-2-22-11(21)9-7-3-5-8(6-4-7)10(9)17-14-19-12(15)18-13(16)20-14/h7-10H,2-6H2,1H3,(H,17,18,19,20)/t7?,8?,9-,10-/m0/s1. The van der Waals surface area contributed by atoms with E-state index in [0.717, 1.165) is 25.7 Å². The van der Waals surface area contributed by atoms with Crippen molar-refractivity contribution in [1.29, 1.82) is 0 Å². The third kappa shape index (κ3) is 3.13. The highest BCUT2D eigenvalue weighted by Gasteiger charge is 2.48. The molecule has 3 aliphatic rings. The average molecular weight is 345 g/mol. The molecule has 1 aromatic rings. The molecule has 3 aliphatic carbocycles. The summed E-state index contributed by atoms with van der Waals surface area (Å²) in [5, 5.41) is 3.33. The minimum atomic E-state index is -0.165. The van der Waals surface area contributed by atoms with E-state index in [-0.39, 0.29) is 28.5 Å². The molecule has 120 valence electrons. The zero-order valence-corrected chi connectivity index (χ0v) is 13.8. The van der Waals surface area contributed by atoms with Gasteiger partial charge in [-0.05, 0) is 67.6 Å². The van der Waals surface area contributed by atoms with Gasteiger partial charge in [-0.1, -0.05) is 0 Å². The van der Waals surface area contributed by atoms with E-state index in [1.165, 1.54) is 0 Å². The van der Waals surface area contributed by atoms with Crippen LogP contribution in [0.1, 0.15) is 32.6 Å². The molecule has 3 fully saturated rings. The molecule has 4 rings (SSSR count). The summed E-state index contributed by atoms with van der Waals surface area (Å²) in [6, 6.07) is -0.0407. The maximum atomic E-state index is 12.4. The van der Waals surface area contributed by atoms with Crippen LogP contribution >= 0.6 is 23.2 Å². The number of hydrogen-bond acceptors (Lipinski definition) is 6. The molecule has 2 atom stereocenters. The summed E-state index contributed by atoms with van der Waals surface area (Å²) in [6.45, 7) is 2.22. The summed E-state index contributed by atoms with van der Waals surface area (Å²) in [5.74, 6) is 0.780. The Morgan fingerprint density at radius 1 is 1.14 bits per heavy atom. The van der Waals surface area contributed by atoms with Gasteiger partial charge in [0, 0.05) is 6.04 Å². The highest BCUT2D eigenvalue weighted by atomic mass is 35.5. The quantitative estimate of drug-likeness (QED) is 0.846. The zero-order chi connectivity index (χ0) is 15.7. The van der Waals surface area contributed by atoms with Crippen LogP contribution < -0.4 is 5.32 Å². The summed E-state index contributed by atoms with van der Waals surface area (Å²) in [5.41, 5.74) is 0. The van der Waals surface area contributed by atoms with Gasteiger partial charge in [0.15, 0.2) is 0 Å². The van der Waals surface area contributed by atoms with E-state index in [2.05, 4.69) is 20.3 Å². The topological polar surface area (TPSA) is 77.0 Å². The van der Waals surface area contributed by atoms with Crippen LogP contribution in [-0.2, 0) is 9.53 Å². The van der Waals surface area contributed by atoms with Crippen LogP contribution in [0.4, 0.5) is 5.95 Å². The van der Waals surface area contributed by atoms with Crippen molar-refractivity contribution in [2.75, 3.05) is 11.9 Å². The monoisotopic (exact) mass is 344 g/mol. The Balaban J connectivity index is 1.83. The number of nitrogens with one attached hydrogen (secondary N) is 1. The average Bonchev–Trinajstić information content (AvgIpc) is 2.47. The maximum Gasteiger partial charge on any atom is 0.311 e. The van der Waals surface area contributed by atoms with Crippen molar-refractivity contribution >= 4 is 35.1 Å². The Morgan fingerprint density at radius 3 is 2.32 bits per heavy atom. The van der Waals surface area contributed by atoms with Crippen molar-refractivity contribution in [2.45, 2.75) is 38.6 Å². The minimum absolute atomic E-state index is 0.0381. The Kier molecular flexibility index (Phi) is 4.68. The molecule has 1 N–H and O–H groups in total. The van der Waals surface area contributed by atoms with E-state index in [0.29, 0.717) is 24.4 Å². The highest BCUT2D eigenvalue weighted by molar-refractivity contribution is 6.31. The largest absolute Gasteiger partial charge is 0.466 e. The van der Waals surface area contributed by atoms with Crippen molar-refractivity contribution < 1.29 is 9.53 Å². The normalized spacial score (nSPS) is 30.1. The SMILES string of the molecule is CCOC(=O)[C@H]1C2CCC(CC2)[C@@H]1Nc1nc(Cl)nc(Cl)n1. The molecule has 0 amide bonds. The van der Waals surface area contributed by atoms with Crippen LogP contribution in [0.2, 0.25) is 10.6 Å². The van der Waals surface area contributed by atoms with Gasteiger partial charge < -0.3 is 10.1 Å². The lowest BCUT2D eigenvalue weighted by atomic mass is 9.61. The van der Waals surface area contributed by atoms with Gasteiger partial charge >= 0.3 is 5.97 Å². The van der Waals surface area contributed by atoms with Gasteiger partial charge in [-0.25, -0.2) is 0 Å². The van der Waals surface area contributed by atoms with E-state index in [4.69, 9.17) is 27.9 Å². The molecule has 0 saturated heterocycles. The number of carbonyl (C=O) groups excluding carboxylic acids is 1. The fraction of sp³-hybridized carbons (Fsp3) is 0.714. The van der Waals surface area contributed by atoms with Crippen molar-refractivity contribution in [3.63, 3.8) is 0 Å². The number of nitrogens with zero attached hydrogens (tertiary/aromatic N) is 3. The van der Waals surface area contributed by atoms with E-state index >= 15 is 0 Å². The zero-order valence-electron chi connectivity index (χ0n) is 12.3. The summed E-state index contributed by atoms with van der Waals surface area (Å²) in [7, 11) is 0. The molecular weight excluding hydrogens is 327 g/mol. The molecule has 0 aromatic carbocycles. The van der Waals surface area contributed by atoms with Crippen molar-refractivity contribution in [3.05, 3.63) is 10.6 Å². The smallest absolute Gasteiger partial charge is 0.311 e. The first kappa shape index (κ1) is 15.7. The molecule has 0 aliphatic heterocycles. The number of carbonyl (C=O) groups is 1. The molecule has 6 nitrogen and oxygen atoms in total. The van der Waals surface area contributed by atoms with Crippen LogP contribution in [0.25, 0.3) is 0 Å². The third-order valence-electron chi connectivity index (χ3n) is 4.65. The number of rotatable bonds is 4. The van der Waals surface area contributed by atoms with Gasteiger partial charge in [0.25, 0.3) is 0 Å². The molecule has 22 heavy (non-hydrogen) atoms. The fourth-order valence-electron chi connectivity index (χ4n) is 3.77. The Labute approximate surface area is 139 Å². The number of fused-ring (bicyclic) bond motifs is 3. The number of anilines is 1. The van der Waals surface area contributed by atoms with Crippen LogP contribution in [0.5, 0.6) is 0 Å². The van der Waals surface area contributed by atoms with Crippen LogP contribution in [0, 0.1) is 17.8 Å². The minimum Gasteiger partial charge on any atom is -0.466 e.